The summed E-state index contributed by atoms with van der Waals surface area (Å²) in [6.45, 7) is 8.65. The maximum Gasteiger partial charge on any atom is 0.233 e. The zero-order valence-electron chi connectivity index (χ0n) is 21.9. The smallest absolute Gasteiger partial charge is 0.233 e. The number of H-pyrrole nitrogens is 1. The summed E-state index contributed by atoms with van der Waals surface area (Å²) in [5.41, 5.74) is 8.48. The maximum atomic E-state index is 12.1. The number of rotatable bonds is 5. The van der Waals surface area contributed by atoms with Crippen LogP contribution in [0, 0.1) is 6.92 Å². The number of amides is 1. The van der Waals surface area contributed by atoms with Crippen LogP contribution in [0.1, 0.15) is 78.5 Å². The van der Waals surface area contributed by atoms with Gasteiger partial charge in [-0.1, -0.05) is 13.8 Å². The highest BCUT2D eigenvalue weighted by Crippen LogP contribution is 2.50. The third kappa shape index (κ3) is 3.51. The van der Waals surface area contributed by atoms with Crippen molar-refractivity contribution in [3.05, 3.63) is 39.7 Å². The summed E-state index contributed by atoms with van der Waals surface area (Å²) < 4.78 is 7.77. The van der Waals surface area contributed by atoms with Crippen LogP contribution in [0.25, 0.3) is 27.1 Å². The normalized spacial score (nSPS) is 23.5. The minimum absolute atomic E-state index is 0.131. The number of piperidine rings is 1. The zero-order valence-corrected chi connectivity index (χ0v) is 22.7. The van der Waals surface area contributed by atoms with E-state index in [0.29, 0.717) is 43.7 Å². The minimum atomic E-state index is 0.131. The second-order valence-corrected chi connectivity index (χ2v) is 12.3. The number of carbonyl (C=O) groups excluding carboxylic acids is 1. The molecule has 3 atom stereocenters. The number of hydrogen-bond donors (Lipinski definition) is 2. The number of nitrogens with one attached hydrogen (secondary N) is 2. The second-order valence-electron chi connectivity index (χ2n) is 11.3. The van der Waals surface area contributed by atoms with Crippen molar-refractivity contribution in [2.45, 2.75) is 83.6 Å². The van der Waals surface area contributed by atoms with E-state index in [1.165, 1.54) is 55.9 Å². The molecular formula is C28H34N6O2S. The van der Waals surface area contributed by atoms with E-state index in [1.807, 2.05) is 15.9 Å². The van der Waals surface area contributed by atoms with Crippen LogP contribution in [0.4, 0.5) is 0 Å². The molecule has 2 saturated heterocycles. The first kappa shape index (κ1) is 23.4. The van der Waals surface area contributed by atoms with Crippen molar-refractivity contribution in [3.8, 4) is 11.3 Å². The summed E-state index contributed by atoms with van der Waals surface area (Å²) in [6.07, 6.45) is 8.45. The highest BCUT2D eigenvalue weighted by atomic mass is 32.1. The number of thiophene rings is 1. The van der Waals surface area contributed by atoms with E-state index in [2.05, 4.69) is 52.3 Å². The van der Waals surface area contributed by atoms with Crippen molar-refractivity contribution in [1.82, 2.24) is 29.8 Å². The SMILES string of the molecule is CNC(=O)CN1[C@@H]2CC[C@H]1CC(c1sc3[nH]c(-c4cn5ncnc5c5c4COC5)c(C(C)C)c3c1C)C2. The van der Waals surface area contributed by atoms with Crippen molar-refractivity contribution in [2.24, 2.45) is 0 Å². The quantitative estimate of drug-likeness (QED) is 0.394. The Kier molecular flexibility index (Phi) is 5.46. The summed E-state index contributed by atoms with van der Waals surface area (Å²) in [7, 11) is 1.74. The van der Waals surface area contributed by atoms with Gasteiger partial charge in [-0.3, -0.25) is 9.69 Å². The van der Waals surface area contributed by atoms with Gasteiger partial charge in [-0.2, -0.15) is 5.10 Å². The van der Waals surface area contributed by atoms with Crippen molar-refractivity contribution in [2.75, 3.05) is 13.6 Å². The Morgan fingerprint density at radius 1 is 1.24 bits per heavy atom. The fourth-order valence-electron chi connectivity index (χ4n) is 7.27. The first-order chi connectivity index (χ1) is 17.9. The van der Waals surface area contributed by atoms with Crippen LogP contribution in [0.2, 0.25) is 0 Å². The first-order valence-corrected chi connectivity index (χ1v) is 14.3. The molecule has 3 aliphatic rings. The zero-order chi connectivity index (χ0) is 25.4. The number of aryl methyl sites for hydroxylation is 1. The third-order valence-corrected chi connectivity index (χ3v) is 10.3. The largest absolute Gasteiger partial charge is 0.372 e. The Morgan fingerprint density at radius 2 is 2.00 bits per heavy atom. The first-order valence-electron chi connectivity index (χ1n) is 13.5. The predicted molar refractivity (Wildman–Crippen MR) is 145 cm³/mol. The third-order valence-electron chi connectivity index (χ3n) is 8.94. The Morgan fingerprint density at radius 3 is 2.73 bits per heavy atom. The van der Waals surface area contributed by atoms with Gasteiger partial charge in [0.15, 0.2) is 5.65 Å². The fraction of sp³-hybridized carbons (Fsp3) is 0.536. The standard InChI is InChI=1S/C28H34N6O2S/c1-14(2)23-24-15(3)26(16-7-17-5-6-18(8-16)33(17)10-22(35)29-4)37-28(24)32-25(23)19-9-34-27(30-13-31-34)21-12-36-11-20(19)21/h9,13-14,16-18,32H,5-8,10-12H2,1-4H3,(H,29,35)/t16?,17-,18+. The van der Waals surface area contributed by atoms with Gasteiger partial charge in [0.1, 0.15) is 11.2 Å². The van der Waals surface area contributed by atoms with Gasteiger partial charge in [0.25, 0.3) is 0 Å². The van der Waals surface area contributed by atoms with E-state index < -0.39 is 0 Å². The number of pyridine rings is 1. The van der Waals surface area contributed by atoms with E-state index >= 15 is 0 Å². The highest BCUT2D eigenvalue weighted by molar-refractivity contribution is 7.19. The van der Waals surface area contributed by atoms with Gasteiger partial charge in [0.05, 0.1) is 25.5 Å². The molecule has 0 saturated carbocycles. The molecule has 4 aromatic rings. The van der Waals surface area contributed by atoms with Gasteiger partial charge >= 0.3 is 0 Å². The van der Waals surface area contributed by atoms with Gasteiger partial charge in [-0.05, 0) is 61.1 Å². The molecule has 37 heavy (non-hydrogen) atoms. The van der Waals surface area contributed by atoms with Crippen LogP contribution in [0.5, 0.6) is 0 Å². The lowest BCUT2D eigenvalue weighted by Crippen LogP contribution is -2.46. The molecule has 194 valence electrons. The van der Waals surface area contributed by atoms with Crippen LogP contribution in [0.3, 0.4) is 0 Å². The van der Waals surface area contributed by atoms with E-state index in [4.69, 9.17) is 4.74 Å². The van der Waals surface area contributed by atoms with Gasteiger partial charge in [-0.25, -0.2) is 9.50 Å². The summed E-state index contributed by atoms with van der Waals surface area (Å²) in [5.74, 6) is 1.07. The van der Waals surface area contributed by atoms with Gasteiger partial charge in [0, 0.05) is 46.7 Å². The van der Waals surface area contributed by atoms with Crippen LogP contribution in [-0.2, 0) is 22.7 Å². The number of aromatic nitrogens is 4. The number of carbonyl (C=O) groups is 1. The van der Waals surface area contributed by atoms with Crippen LogP contribution in [0.15, 0.2) is 12.5 Å². The summed E-state index contributed by atoms with van der Waals surface area (Å²) in [4.78, 5) is 25.7. The number of likely N-dealkylation sites (N-methyl/N-ethyl adjacent to an activating group) is 1. The van der Waals surface area contributed by atoms with E-state index in [9.17, 15) is 4.79 Å². The Balaban J connectivity index is 1.29. The molecule has 0 spiro atoms. The number of fused-ring (bicyclic) bond motifs is 6. The lowest BCUT2D eigenvalue weighted by molar-refractivity contribution is -0.122. The molecule has 9 heteroatoms. The number of hydrogen-bond acceptors (Lipinski definition) is 6. The number of aromatic amines is 1. The molecule has 4 aromatic heterocycles. The number of ether oxygens (including phenoxy) is 1. The van der Waals surface area contributed by atoms with E-state index in [-0.39, 0.29) is 5.91 Å². The average molecular weight is 519 g/mol. The van der Waals surface area contributed by atoms with Gasteiger partial charge < -0.3 is 15.0 Å². The maximum absolute atomic E-state index is 12.1. The average Bonchev–Trinajstić information content (AvgIpc) is 3.68. The van der Waals surface area contributed by atoms with Gasteiger partial charge in [0.2, 0.25) is 5.91 Å². The van der Waals surface area contributed by atoms with Crippen molar-refractivity contribution < 1.29 is 9.53 Å². The number of nitrogens with zero attached hydrogens (tertiary/aromatic N) is 4. The molecule has 0 aliphatic carbocycles. The molecule has 2 fully saturated rings. The van der Waals surface area contributed by atoms with E-state index in [0.717, 1.165) is 24.1 Å². The molecule has 1 unspecified atom stereocenters. The second kappa shape index (κ2) is 8.64. The van der Waals surface area contributed by atoms with Crippen molar-refractivity contribution in [3.63, 3.8) is 0 Å². The minimum Gasteiger partial charge on any atom is -0.372 e. The monoisotopic (exact) mass is 518 g/mol. The lowest BCUT2D eigenvalue weighted by atomic mass is 9.86. The van der Waals surface area contributed by atoms with Crippen molar-refractivity contribution in [1.29, 1.82) is 0 Å². The van der Waals surface area contributed by atoms with Crippen molar-refractivity contribution >= 4 is 33.1 Å². The molecule has 1 amide bonds. The molecule has 7 heterocycles. The topological polar surface area (TPSA) is 87.6 Å². The summed E-state index contributed by atoms with van der Waals surface area (Å²) in [5, 5.41) is 8.66. The van der Waals surface area contributed by atoms with E-state index in [1.54, 1.807) is 13.4 Å². The molecule has 3 aliphatic heterocycles. The van der Waals surface area contributed by atoms with Gasteiger partial charge in [-0.15, -0.1) is 11.3 Å². The molecule has 7 rings (SSSR count). The molecule has 2 bridgehead atoms. The molecular weight excluding hydrogens is 484 g/mol. The van der Waals surface area contributed by atoms with Crippen LogP contribution >= 0.6 is 11.3 Å². The fourth-order valence-corrected chi connectivity index (χ4v) is 8.62. The lowest BCUT2D eigenvalue weighted by Gasteiger charge is -2.38. The highest BCUT2D eigenvalue weighted by Gasteiger charge is 2.42. The molecule has 0 radical (unpaired) electrons. The Hall–Kier alpha value is -2.75. The Labute approximate surface area is 220 Å². The molecule has 2 N–H and O–H groups in total. The molecule has 0 aromatic carbocycles. The predicted octanol–water partition coefficient (Wildman–Crippen LogP) is 4.86. The Bertz CT molecular complexity index is 1520. The summed E-state index contributed by atoms with van der Waals surface area (Å²) in [6, 6.07) is 1.02. The summed E-state index contributed by atoms with van der Waals surface area (Å²) >= 11 is 1.95. The van der Waals surface area contributed by atoms with Crippen LogP contribution < -0.4 is 5.32 Å². The van der Waals surface area contributed by atoms with Crippen LogP contribution in [-0.4, -0.2) is 56.1 Å². The molecule has 8 nitrogen and oxygen atoms in total.